The molecular formula is C22H10Br4Te2. The van der Waals surface area contributed by atoms with Gasteiger partial charge in [-0.3, -0.25) is 0 Å². The molecule has 6 heteroatoms. The van der Waals surface area contributed by atoms with Gasteiger partial charge < -0.3 is 0 Å². The summed E-state index contributed by atoms with van der Waals surface area (Å²) in [6.07, 6.45) is 0. The molecule has 3 aromatic carbocycles. The van der Waals surface area contributed by atoms with Gasteiger partial charge in [-0.05, 0) is 0 Å². The SMILES string of the molecule is Brc1cc(-c2[te]c3ccccc3c2Br)c(Br)cc1-c1[te]c2ccccc2c1Br. The molecule has 2 heterocycles. The van der Waals surface area contributed by atoms with E-state index in [1.807, 2.05) is 0 Å². The Hall–Kier alpha value is 0.639. The second-order valence-electron chi connectivity index (χ2n) is 6.29. The van der Waals surface area contributed by atoms with E-state index >= 15 is 0 Å². The normalized spacial score (nSPS) is 11.6. The maximum atomic E-state index is 3.89. The molecular weight excluding hydrogens is 839 g/mol. The summed E-state index contributed by atoms with van der Waals surface area (Å²) < 4.78 is 10.8. The minimum atomic E-state index is -0.399. The molecule has 5 aromatic rings. The molecule has 0 fully saturated rings. The van der Waals surface area contributed by atoms with Crippen LogP contribution in [0.4, 0.5) is 0 Å². The van der Waals surface area contributed by atoms with Crippen LogP contribution < -0.4 is 0 Å². The quantitative estimate of drug-likeness (QED) is 0.157. The van der Waals surface area contributed by atoms with Crippen LogP contribution in [0.5, 0.6) is 0 Å². The molecule has 0 saturated carbocycles. The van der Waals surface area contributed by atoms with E-state index in [-0.39, 0.29) is 0 Å². The summed E-state index contributed by atoms with van der Waals surface area (Å²) in [6.45, 7) is 0. The number of halogens is 4. The number of hydrogen-bond donors (Lipinski definition) is 0. The van der Waals surface area contributed by atoms with Gasteiger partial charge in [0.15, 0.2) is 0 Å². The fraction of sp³-hybridized carbons (Fsp3) is 0. The van der Waals surface area contributed by atoms with Gasteiger partial charge in [0.25, 0.3) is 0 Å². The van der Waals surface area contributed by atoms with E-state index in [0.717, 1.165) is 0 Å². The predicted molar refractivity (Wildman–Crippen MR) is 137 cm³/mol. The van der Waals surface area contributed by atoms with Crippen LogP contribution >= 0.6 is 63.7 Å². The fourth-order valence-corrected chi connectivity index (χ4v) is 14.6. The zero-order chi connectivity index (χ0) is 19.4. The molecule has 0 N–H and O–H groups in total. The summed E-state index contributed by atoms with van der Waals surface area (Å²) in [6, 6.07) is 22.1. The van der Waals surface area contributed by atoms with Gasteiger partial charge >= 0.3 is 219 Å². The summed E-state index contributed by atoms with van der Waals surface area (Å²) in [7, 11) is 0. The molecule has 28 heavy (non-hydrogen) atoms. The van der Waals surface area contributed by atoms with Crippen molar-refractivity contribution in [2.24, 2.45) is 0 Å². The average Bonchev–Trinajstić information content (AvgIpc) is 3.21. The number of benzene rings is 3. The Balaban J connectivity index is 1.70. The van der Waals surface area contributed by atoms with Gasteiger partial charge in [0.2, 0.25) is 0 Å². The van der Waals surface area contributed by atoms with Crippen LogP contribution in [0.2, 0.25) is 0 Å². The van der Waals surface area contributed by atoms with E-state index in [2.05, 4.69) is 124 Å². The van der Waals surface area contributed by atoms with Gasteiger partial charge in [0, 0.05) is 0 Å². The molecule has 0 aliphatic rings. The zero-order valence-electron chi connectivity index (χ0n) is 14.1. The fourth-order valence-electron chi connectivity index (χ4n) is 3.27. The molecule has 0 aliphatic carbocycles. The Morgan fingerprint density at radius 3 is 1.32 bits per heavy atom. The molecule has 5 rings (SSSR count). The molecule has 0 spiro atoms. The van der Waals surface area contributed by atoms with Crippen molar-refractivity contribution in [1.29, 1.82) is 0 Å². The molecule has 0 nitrogen and oxygen atoms in total. The van der Waals surface area contributed by atoms with E-state index in [9.17, 15) is 0 Å². The summed E-state index contributed by atoms with van der Waals surface area (Å²) in [5.41, 5.74) is 2.60. The molecule has 2 aromatic heterocycles. The monoisotopic (exact) mass is 850 g/mol. The number of fused-ring (bicyclic) bond motifs is 2. The Morgan fingerprint density at radius 1 is 0.536 bits per heavy atom. The van der Waals surface area contributed by atoms with Gasteiger partial charge in [-0.2, -0.15) is 0 Å². The van der Waals surface area contributed by atoms with Crippen LogP contribution in [0.25, 0.3) is 35.9 Å². The molecule has 0 atom stereocenters. The number of hydrogen-bond acceptors (Lipinski definition) is 0. The molecule has 0 saturated heterocycles. The van der Waals surface area contributed by atoms with Crippen molar-refractivity contribution >= 4 is 122 Å². The van der Waals surface area contributed by atoms with Gasteiger partial charge in [-0.1, -0.05) is 0 Å². The Labute approximate surface area is 216 Å². The third-order valence-electron chi connectivity index (χ3n) is 4.62. The molecule has 0 bridgehead atoms. The Kier molecular flexibility index (Phi) is 6.08. The van der Waals surface area contributed by atoms with E-state index in [0.29, 0.717) is 0 Å². The summed E-state index contributed by atoms with van der Waals surface area (Å²) in [5, 5.41) is 2.71. The van der Waals surface area contributed by atoms with Crippen molar-refractivity contribution in [1.82, 2.24) is 0 Å². The Bertz CT molecular complexity index is 1260. The number of rotatable bonds is 2. The van der Waals surface area contributed by atoms with Crippen molar-refractivity contribution in [3.05, 3.63) is 78.6 Å². The third kappa shape index (κ3) is 3.51. The first-order chi connectivity index (χ1) is 13.5. The van der Waals surface area contributed by atoms with Crippen molar-refractivity contribution in [3.8, 4) is 18.3 Å². The topological polar surface area (TPSA) is 0 Å². The first-order valence-corrected chi connectivity index (χ1v) is 16.2. The van der Waals surface area contributed by atoms with Crippen LogP contribution in [0.3, 0.4) is 0 Å². The van der Waals surface area contributed by atoms with Crippen molar-refractivity contribution in [2.45, 2.75) is 0 Å². The van der Waals surface area contributed by atoms with Crippen molar-refractivity contribution in [2.75, 3.05) is 0 Å². The second-order valence-corrected chi connectivity index (χ2v) is 15.6. The van der Waals surface area contributed by atoms with Crippen molar-refractivity contribution in [3.63, 3.8) is 0 Å². The van der Waals surface area contributed by atoms with E-state index < -0.39 is 40.9 Å². The van der Waals surface area contributed by atoms with Crippen LogP contribution in [0, 0.1) is 0 Å². The predicted octanol–water partition coefficient (Wildman–Crippen LogP) is 8.49. The minimum absolute atomic E-state index is 0.399. The van der Waals surface area contributed by atoms with E-state index in [4.69, 9.17) is 0 Å². The standard InChI is InChI=1S/C22H10Br4Te2/c23-15-10-14(22-20(26)12-6-2-4-8-18(12)28-22)16(24)9-13(15)21-19(25)11-5-1-3-7-17(11)27-21/h1-10H. The zero-order valence-corrected chi connectivity index (χ0v) is 25.1. The van der Waals surface area contributed by atoms with Crippen molar-refractivity contribution < 1.29 is 0 Å². The second kappa shape index (κ2) is 8.29. The third-order valence-corrected chi connectivity index (χ3v) is 16.1. The Morgan fingerprint density at radius 2 is 0.929 bits per heavy atom. The van der Waals surface area contributed by atoms with Crippen LogP contribution in [0.15, 0.2) is 78.6 Å². The summed E-state index contributed by atoms with van der Waals surface area (Å²) in [5.74, 6) is 0. The van der Waals surface area contributed by atoms with Crippen LogP contribution in [-0.4, -0.2) is 40.9 Å². The maximum absolute atomic E-state index is 3.89. The molecule has 0 aliphatic heterocycles. The van der Waals surface area contributed by atoms with Gasteiger partial charge in [0.05, 0.1) is 0 Å². The van der Waals surface area contributed by atoms with Gasteiger partial charge in [0.1, 0.15) is 0 Å². The van der Waals surface area contributed by atoms with E-state index in [1.165, 1.54) is 53.8 Å². The first-order valence-electron chi connectivity index (χ1n) is 8.38. The van der Waals surface area contributed by atoms with E-state index in [1.54, 1.807) is 0 Å². The first kappa shape index (κ1) is 20.5. The van der Waals surface area contributed by atoms with Gasteiger partial charge in [-0.25, -0.2) is 0 Å². The van der Waals surface area contributed by atoms with Crippen LogP contribution in [-0.2, 0) is 0 Å². The molecule has 138 valence electrons. The summed E-state index contributed by atoms with van der Waals surface area (Å²) in [4.78, 5) is 0. The summed E-state index contributed by atoms with van der Waals surface area (Å²) >= 11 is 14.7. The molecule has 0 radical (unpaired) electrons. The molecule has 0 unspecified atom stereocenters. The average molecular weight is 849 g/mol. The molecule has 0 amide bonds. The van der Waals surface area contributed by atoms with Crippen LogP contribution in [0.1, 0.15) is 0 Å². The van der Waals surface area contributed by atoms with Gasteiger partial charge in [-0.15, -0.1) is 0 Å².